The molecule has 1 amide bonds. The molecule has 0 bridgehead atoms. The first-order valence-corrected chi connectivity index (χ1v) is 8.14. The first-order chi connectivity index (χ1) is 11.6. The number of ether oxygens (including phenoxy) is 1. The number of nitrogens with zero attached hydrogens (tertiary/aromatic N) is 2. The van der Waals surface area contributed by atoms with E-state index in [1.54, 1.807) is 48.7 Å². The van der Waals surface area contributed by atoms with Crippen LogP contribution in [0.4, 0.5) is 0 Å². The van der Waals surface area contributed by atoms with Crippen molar-refractivity contribution in [3.05, 3.63) is 59.9 Å². The molecule has 0 aliphatic rings. The van der Waals surface area contributed by atoms with Crippen LogP contribution in [0.3, 0.4) is 0 Å². The predicted molar refractivity (Wildman–Crippen MR) is 92.6 cm³/mol. The van der Waals surface area contributed by atoms with Crippen molar-refractivity contribution in [3.63, 3.8) is 0 Å². The normalized spacial score (nSPS) is 13.2. The molecule has 2 rings (SSSR count). The molecule has 128 valence electrons. The Labute approximate surface area is 142 Å². The quantitative estimate of drug-likeness (QED) is 0.848. The number of aromatic nitrogens is 1. The van der Waals surface area contributed by atoms with Crippen molar-refractivity contribution >= 4 is 5.91 Å². The van der Waals surface area contributed by atoms with E-state index < -0.39 is 6.10 Å². The van der Waals surface area contributed by atoms with Crippen LogP contribution in [0.25, 0.3) is 0 Å². The minimum Gasteiger partial charge on any atom is -0.497 e. The molecule has 0 fully saturated rings. The molecule has 1 aromatic carbocycles. The molecule has 0 saturated carbocycles. The van der Waals surface area contributed by atoms with E-state index in [0.717, 1.165) is 12.0 Å². The van der Waals surface area contributed by atoms with E-state index in [1.165, 1.54) is 0 Å². The monoisotopic (exact) mass is 328 g/mol. The second kappa shape index (κ2) is 8.45. The molecule has 5 heteroatoms. The standard InChI is InChI=1S/C19H24N2O3/c1-4-17(14-9-11-20-12-10-14)21(5-2)19(23)18(22)15-7-6-8-16(13-15)24-3/h6-13,17-18,22H,4-5H2,1-3H3. The molecule has 0 aliphatic carbocycles. The Bertz CT molecular complexity index is 661. The van der Waals surface area contributed by atoms with Crippen LogP contribution in [0.1, 0.15) is 43.5 Å². The maximum Gasteiger partial charge on any atom is 0.256 e. The summed E-state index contributed by atoms with van der Waals surface area (Å²) in [6.07, 6.45) is 2.98. The molecule has 1 N–H and O–H groups in total. The zero-order valence-electron chi connectivity index (χ0n) is 14.3. The summed E-state index contributed by atoms with van der Waals surface area (Å²) in [5.41, 5.74) is 1.54. The van der Waals surface area contributed by atoms with Crippen molar-refractivity contribution in [1.29, 1.82) is 0 Å². The number of aliphatic hydroxyl groups excluding tert-OH is 1. The van der Waals surface area contributed by atoms with Gasteiger partial charge in [0.25, 0.3) is 5.91 Å². The highest BCUT2D eigenvalue weighted by Gasteiger charge is 2.28. The van der Waals surface area contributed by atoms with Gasteiger partial charge in [-0.2, -0.15) is 0 Å². The fourth-order valence-corrected chi connectivity index (χ4v) is 2.86. The highest BCUT2D eigenvalue weighted by molar-refractivity contribution is 5.82. The van der Waals surface area contributed by atoms with Gasteiger partial charge in [0, 0.05) is 18.9 Å². The number of aliphatic hydroxyl groups is 1. The SMILES string of the molecule is CCC(c1ccncc1)N(CC)C(=O)C(O)c1cccc(OC)c1. The van der Waals surface area contributed by atoms with Gasteiger partial charge < -0.3 is 14.7 Å². The van der Waals surface area contributed by atoms with Gasteiger partial charge in [-0.1, -0.05) is 19.1 Å². The Kier molecular flexibility index (Phi) is 6.32. The molecule has 0 radical (unpaired) electrons. The molecule has 1 heterocycles. The van der Waals surface area contributed by atoms with E-state index in [0.29, 0.717) is 17.9 Å². The number of benzene rings is 1. The van der Waals surface area contributed by atoms with E-state index in [9.17, 15) is 9.90 Å². The summed E-state index contributed by atoms with van der Waals surface area (Å²) in [5, 5.41) is 10.5. The third-order valence-electron chi connectivity index (χ3n) is 4.12. The van der Waals surface area contributed by atoms with Crippen molar-refractivity contribution in [1.82, 2.24) is 9.88 Å². The summed E-state index contributed by atoms with van der Waals surface area (Å²) in [6, 6.07) is 10.7. The van der Waals surface area contributed by atoms with Gasteiger partial charge >= 0.3 is 0 Å². The van der Waals surface area contributed by atoms with Crippen LogP contribution in [-0.4, -0.2) is 34.6 Å². The van der Waals surface area contributed by atoms with Gasteiger partial charge in [0.05, 0.1) is 13.2 Å². The minimum atomic E-state index is -1.21. The number of hydrogen-bond donors (Lipinski definition) is 1. The van der Waals surface area contributed by atoms with Crippen LogP contribution >= 0.6 is 0 Å². The van der Waals surface area contributed by atoms with Crippen molar-refractivity contribution in [2.24, 2.45) is 0 Å². The average molecular weight is 328 g/mol. The molecule has 0 saturated heterocycles. The Hall–Kier alpha value is -2.40. The number of pyridine rings is 1. The van der Waals surface area contributed by atoms with E-state index in [1.807, 2.05) is 26.0 Å². The Morgan fingerprint density at radius 1 is 1.21 bits per heavy atom. The van der Waals surface area contributed by atoms with Gasteiger partial charge in [0.2, 0.25) is 0 Å². The number of rotatable bonds is 7. The third-order valence-corrected chi connectivity index (χ3v) is 4.12. The Balaban J connectivity index is 2.26. The van der Waals surface area contributed by atoms with Gasteiger partial charge in [-0.05, 0) is 48.7 Å². The van der Waals surface area contributed by atoms with E-state index in [4.69, 9.17) is 4.74 Å². The topological polar surface area (TPSA) is 62.7 Å². The number of methoxy groups -OCH3 is 1. The fraction of sp³-hybridized carbons (Fsp3) is 0.368. The van der Waals surface area contributed by atoms with Crippen molar-refractivity contribution in [3.8, 4) is 5.75 Å². The summed E-state index contributed by atoms with van der Waals surface area (Å²) >= 11 is 0. The number of hydrogen-bond acceptors (Lipinski definition) is 4. The molecular formula is C19H24N2O3. The van der Waals surface area contributed by atoms with Gasteiger partial charge in [-0.25, -0.2) is 0 Å². The maximum atomic E-state index is 12.9. The molecule has 1 aromatic heterocycles. The summed E-state index contributed by atoms with van der Waals surface area (Å²) in [6.45, 7) is 4.46. The van der Waals surface area contributed by atoms with Gasteiger partial charge in [-0.15, -0.1) is 0 Å². The number of likely N-dealkylation sites (N-methyl/N-ethyl adjacent to an activating group) is 1. The largest absolute Gasteiger partial charge is 0.497 e. The molecule has 5 nitrogen and oxygen atoms in total. The summed E-state index contributed by atoms with van der Waals surface area (Å²) in [7, 11) is 1.56. The first-order valence-electron chi connectivity index (χ1n) is 8.14. The van der Waals surface area contributed by atoms with Gasteiger partial charge in [-0.3, -0.25) is 9.78 Å². The first kappa shape index (κ1) is 17.9. The number of carbonyl (C=O) groups excluding carboxylic acids is 1. The molecule has 2 atom stereocenters. The fourth-order valence-electron chi connectivity index (χ4n) is 2.86. The summed E-state index contributed by atoms with van der Waals surface area (Å²) in [4.78, 5) is 18.6. The predicted octanol–water partition coefficient (Wildman–Crippen LogP) is 3.12. The molecule has 2 unspecified atom stereocenters. The highest BCUT2D eigenvalue weighted by Crippen LogP contribution is 2.28. The molecule has 0 spiro atoms. The van der Waals surface area contributed by atoms with E-state index in [-0.39, 0.29) is 11.9 Å². The lowest BCUT2D eigenvalue weighted by Crippen LogP contribution is -2.38. The van der Waals surface area contributed by atoms with Crippen molar-refractivity contribution in [2.75, 3.05) is 13.7 Å². The third kappa shape index (κ3) is 3.92. The lowest BCUT2D eigenvalue weighted by atomic mass is 10.0. The van der Waals surface area contributed by atoms with Gasteiger partial charge in [0.1, 0.15) is 5.75 Å². The summed E-state index contributed by atoms with van der Waals surface area (Å²) in [5.74, 6) is 0.304. The highest BCUT2D eigenvalue weighted by atomic mass is 16.5. The van der Waals surface area contributed by atoms with Crippen molar-refractivity contribution in [2.45, 2.75) is 32.4 Å². The second-order valence-electron chi connectivity index (χ2n) is 5.51. The summed E-state index contributed by atoms with van der Waals surface area (Å²) < 4.78 is 5.17. The average Bonchev–Trinajstić information content (AvgIpc) is 2.65. The van der Waals surface area contributed by atoms with Crippen LogP contribution in [0.2, 0.25) is 0 Å². The van der Waals surface area contributed by atoms with Crippen LogP contribution in [0, 0.1) is 0 Å². The minimum absolute atomic E-state index is 0.0919. The lowest BCUT2D eigenvalue weighted by molar-refractivity contribution is -0.143. The second-order valence-corrected chi connectivity index (χ2v) is 5.51. The van der Waals surface area contributed by atoms with Gasteiger partial charge in [0.15, 0.2) is 6.10 Å². The zero-order chi connectivity index (χ0) is 17.5. The maximum absolute atomic E-state index is 12.9. The van der Waals surface area contributed by atoms with Crippen LogP contribution < -0.4 is 4.74 Å². The Morgan fingerprint density at radius 2 is 1.92 bits per heavy atom. The molecule has 24 heavy (non-hydrogen) atoms. The molecule has 0 aliphatic heterocycles. The number of amides is 1. The lowest BCUT2D eigenvalue weighted by Gasteiger charge is -2.32. The Morgan fingerprint density at radius 3 is 2.50 bits per heavy atom. The van der Waals surface area contributed by atoms with E-state index in [2.05, 4.69) is 4.98 Å². The molecule has 2 aromatic rings. The van der Waals surface area contributed by atoms with Crippen LogP contribution in [0.15, 0.2) is 48.8 Å². The zero-order valence-corrected chi connectivity index (χ0v) is 14.3. The molecular weight excluding hydrogens is 304 g/mol. The van der Waals surface area contributed by atoms with Crippen LogP contribution in [0.5, 0.6) is 5.75 Å². The van der Waals surface area contributed by atoms with Crippen LogP contribution in [-0.2, 0) is 4.79 Å². The van der Waals surface area contributed by atoms with Crippen molar-refractivity contribution < 1.29 is 14.6 Å². The smallest absolute Gasteiger partial charge is 0.256 e. The number of carbonyl (C=O) groups is 1. The van der Waals surface area contributed by atoms with E-state index >= 15 is 0 Å².